The van der Waals surface area contributed by atoms with Crippen molar-refractivity contribution in [2.75, 3.05) is 6.54 Å². The van der Waals surface area contributed by atoms with Crippen LogP contribution in [-0.4, -0.2) is 29.4 Å². The molecule has 0 unspecified atom stereocenters. The SMILES string of the molecule is CCCCCC(=O)N1CCC[C@H]1C(=O)[O-].[Na+]. The Bertz CT molecular complexity index is 245. The van der Waals surface area contributed by atoms with E-state index < -0.39 is 12.0 Å². The van der Waals surface area contributed by atoms with Crippen molar-refractivity contribution >= 4 is 11.9 Å². The largest absolute Gasteiger partial charge is 1.00 e. The maximum absolute atomic E-state index is 11.7. The molecule has 16 heavy (non-hydrogen) atoms. The van der Waals surface area contributed by atoms with E-state index in [1.807, 2.05) is 0 Å². The second-order valence-electron chi connectivity index (χ2n) is 4.02. The minimum Gasteiger partial charge on any atom is -0.548 e. The Labute approximate surface area is 119 Å². The van der Waals surface area contributed by atoms with Crippen LogP contribution >= 0.6 is 0 Å². The third-order valence-electron chi connectivity index (χ3n) is 2.84. The van der Waals surface area contributed by atoms with Crippen molar-refractivity contribution < 1.29 is 44.3 Å². The standard InChI is InChI=1S/C11H19NO3.Na/c1-2-3-4-7-10(13)12-8-5-6-9(12)11(14)15;/h9H,2-8H2,1H3,(H,14,15);/q;+1/p-1/t9-;/m0./s1. The molecule has 0 bridgehead atoms. The molecule has 1 fully saturated rings. The Kier molecular flexibility index (Phi) is 8.06. The van der Waals surface area contributed by atoms with Crippen LogP contribution < -0.4 is 34.7 Å². The van der Waals surface area contributed by atoms with Gasteiger partial charge in [-0.3, -0.25) is 4.79 Å². The molecule has 1 amide bonds. The number of carbonyl (C=O) groups excluding carboxylic acids is 2. The molecule has 0 aromatic carbocycles. The van der Waals surface area contributed by atoms with Crippen LogP contribution in [0.25, 0.3) is 0 Å². The van der Waals surface area contributed by atoms with E-state index in [1.54, 1.807) is 0 Å². The monoisotopic (exact) mass is 235 g/mol. The number of hydrogen-bond acceptors (Lipinski definition) is 3. The van der Waals surface area contributed by atoms with Gasteiger partial charge < -0.3 is 14.8 Å². The van der Waals surface area contributed by atoms with E-state index in [0.717, 1.165) is 25.7 Å². The third kappa shape index (κ3) is 4.44. The first-order valence-corrected chi connectivity index (χ1v) is 5.67. The summed E-state index contributed by atoms with van der Waals surface area (Å²) in [6, 6.07) is -0.681. The smallest absolute Gasteiger partial charge is 0.548 e. The van der Waals surface area contributed by atoms with Gasteiger partial charge in [-0.2, -0.15) is 0 Å². The molecule has 0 aromatic heterocycles. The maximum Gasteiger partial charge on any atom is 1.00 e. The van der Waals surface area contributed by atoms with Crippen LogP contribution in [0, 0.1) is 0 Å². The van der Waals surface area contributed by atoms with Crippen LogP contribution in [0.1, 0.15) is 45.4 Å². The van der Waals surface area contributed by atoms with E-state index in [0.29, 0.717) is 19.4 Å². The number of aliphatic carboxylic acids is 1. The summed E-state index contributed by atoms with van der Waals surface area (Å²) in [6.07, 6.45) is 4.73. The molecule has 1 saturated heterocycles. The number of carbonyl (C=O) groups is 2. The fourth-order valence-corrected chi connectivity index (χ4v) is 1.98. The molecular formula is C11H18NNaO3. The molecule has 0 saturated carbocycles. The molecule has 5 heteroatoms. The summed E-state index contributed by atoms with van der Waals surface area (Å²) in [7, 11) is 0. The topological polar surface area (TPSA) is 60.4 Å². The van der Waals surface area contributed by atoms with E-state index in [1.165, 1.54) is 4.90 Å². The van der Waals surface area contributed by atoms with Crippen molar-refractivity contribution in [3.63, 3.8) is 0 Å². The summed E-state index contributed by atoms with van der Waals surface area (Å²) < 4.78 is 0. The van der Waals surface area contributed by atoms with Gasteiger partial charge in [0.05, 0.1) is 12.0 Å². The van der Waals surface area contributed by atoms with Crippen LogP contribution in [0.4, 0.5) is 0 Å². The second kappa shape index (κ2) is 8.09. The van der Waals surface area contributed by atoms with Crippen LogP contribution in [0.5, 0.6) is 0 Å². The van der Waals surface area contributed by atoms with E-state index in [4.69, 9.17) is 0 Å². The van der Waals surface area contributed by atoms with Crippen LogP contribution in [-0.2, 0) is 9.59 Å². The van der Waals surface area contributed by atoms with Gasteiger partial charge in [-0.25, -0.2) is 0 Å². The number of rotatable bonds is 5. The average Bonchev–Trinajstić information content (AvgIpc) is 2.66. The normalized spacial score (nSPS) is 19.3. The average molecular weight is 235 g/mol. The van der Waals surface area contributed by atoms with Gasteiger partial charge in [-0.1, -0.05) is 19.8 Å². The van der Waals surface area contributed by atoms with Crippen LogP contribution in [0.2, 0.25) is 0 Å². The number of nitrogens with zero attached hydrogens (tertiary/aromatic N) is 1. The van der Waals surface area contributed by atoms with Crippen molar-refractivity contribution in [1.29, 1.82) is 0 Å². The van der Waals surface area contributed by atoms with Gasteiger partial charge in [0, 0.05) is 13.0 Å². The number of carboxylic acids is 1. The van der Waals surface area contributed by atoms with Crippen molar-refractivity contribution in [3.8, 4) is 0 Å². The Balaban J connectivity index is 0.00000225. The zero-order valence-electron chi connectivity index (χ0n) is 10.2. The summed E-state index contributed by atoms with van der Waals surface area (Å²) in [5.74, 6) is -1.15. The van der Waals surface area contributed by atoms with E-state index >= 15 is 0 Å². The summed E-state index contributed by atoms with van der Waals surface area (Å²) in [5, 5.41) is 10.7. The predicted molar refractivity (Wildman–Crippen MR) is 53.9 cm³/mol. The predicted octanol–water partition coefficient (Wildman–Crippen LogP) is -2.69. The van der Waals surface area contributed by atoms with Crippen LogP contribution in [0.3, 0.4) is 0 Å². The Morgan fingerprint density at radius 2 is 2.06 bits per heavy atom. The molecule has 4 nitrogen and oxygen atoms in total. The summed E-state index contributed by atoms with van der Waals surface area (Å²) in [4.78, 5) is 23.9. The van der Waals surface area contributed by atoms with Crippen molar-refractivity contribution in [1.82, 2.24) is 4.90 Å². The first kappa shape index (κ1) is 15.9. The number of amides is 1. The van der Waals surface area contributed by atoms with Crippen molar-refractivity contribution in [3.05, 3.63) is 0 Å². The quantitative estimate of drug-likeness (QED) is 0.385. The molecule has 1 rings (SSSR count). The zero-order chi connectivity index (χ0) is 11.3. The van der Waals surface area contributed by atoms with Gasteiger partial charge in [0.15, 0.2) is 0 Å². The summed E-state index contributed by atoms with van der Waals surface area (Å²) >= 11 is 0. The molecule has 0 N–H and O–H groups in total. The molecule has 1 aliphatic heterocycles. The first-order chi connectivity index (χ1) is 7.16. The Morgan fingerprint density at radius 1 is 1.38 bits per heavy atom. The Hall–Kier alpha value is -0.0600. The summed E-state index contributed by atoms with van der Waals surface area (Å²) in [6.45, 7) is 2.65. The molecule has 1 heterocycles. The fourth-order valence-electron chi connectivity index (χ4n) is 1.98. The molecule has 0 radical (unpaired) electrons. The minimum atomic E-state index is -1.11. The molecule has 0 spiro atoms. The second-order valence-corrected chi connectivity index (χ2v) is 4.02. The minimum absolute atomic E-state index is 0. The third-order valence-corrected chi connectivity index (χ3v) is 2.84. The number of carboxylic acid groups (broad SMARTS) is 1. The molecule has 1 aliphatic rings. The molecular weight excluding hydrogens is 217 g/mol. The molecule has 0 aromatic rings. The Morgan fingerprint density at radius 3 is 2.62 bits per heavy atom. The van der Waals surface area contributed by atoms with Crippen LogP contribution in [0.15, 0.2) is 0 Å². The fraction of sp³-hybridized carbons (Fsp3) is 0.818. The number of likely N-dealkylation sites (tertiary alicyclic amines) is 1. The molecule has 0 aliphatic carbocycles. The van der Waals surface area contributed by atoms with Gasteiger partial charge >= 0.3 is 29.6 Å². The van der Waals surface area contributed by atoms with E-state index in [2.05, 4.69) is 6.92 Å². The first-order valence-electron chi connectivity index (χ1n) is 5.67. The van der Waals surface area contributed by atoms with Crippen molar-refractivity contribution in [2.45, 2.75) is 51.5 Å². The maximum atomic E-state index is 11.7. The van der Waals surface area contributed by atoms with Gasteiger partial charge in [0.2, 0.25) is 5.91 Å². The van der Waals surface area contributed by atoms with Gasteiger partial charge in [-0.05, 0) is 19.3 Å². The van der Waals surface area contributed by atoms with E-state index in [-0.39, 0.29) is 35.5 Å². The van der Waals surface area contributed by atoms with Gasteiger partial charge in [-0.15, -0.1) is 0 Å². The summed E-state index contributed by atoms with van der Waals surface area (Å²) in [5.41, 5.74) is 0. The van der Waals surface area contributed by atoms with E-state index in [9.17, 15) is 14.7 Å². The molecule has 1 atom stereocenters. The van der Waals surface area contributed by atoms with Crippen molar-refractivity contribution in [2.24, 2.45) is 0 Å². The number of hydrogen-bond donors (Lipinski definition) is 0. The number of unbranched alkanes of at least 4 members (excludes halogenated alkanes) is 2. The van der Waals surface area contributed by atoms with Gasteiger partial charge in [0.25, 0.3) is 0 Å². The molecule has 86 valence electrons. The van der Waals surface area contributed by atoms with Gasteiger partial charge in [0.1, 0.15) is 0 Å². The zero-order valence-corrected chi connectivity index (χ0v) is 12.2.